The van der Waals surface area contributed by atoms with Gasteiger partial charge in [0.15, 0.2) is 0 Å². The van der Waals surface area contributed by atoms with Crippen molar-refractivity contribution in [2.45, 2.75) is 13.3 Å². The number of benzene rings is 1. The molecule has 1 aromatic heterocycles. The average molecular weight is 201 g/mol. The van der Waals surface area contributed by atoms with Gasteiger partial charge in [0.1, 0.15) is 12.5 Å². The number of aromatic nitrogens is 1. The van der Waals surface area contributed by atoms with E-state index in [9.17, 15) is 4.79 Å². The molecule has 0 atom stereocenters. The van der Waals surface area contributed by atoms with Crippen molar-refractivity contribution in [1.29, 1.82) is 0 Å². The summed E-state index contributed by atoms with van der Waals surface area (Å²) in [6.07, 6.45) is 2.64. The average Bonchev–Trinajstić information content (AvgIpc) is 2.67. The molecule has 2 rings (SSSR count). The number of nitrogens with zero attached hydrogens (tertiary/aromatic N) is 1. The number of rotatable bonds is 3. The first-order valence-electron chi connectivity index (χ1n) is 4.74. The van der Waals surface area contributed by atoms with Gasteiger partial charge in [0, 0.05) is 12.0 Å². The van der Waals surface area contributed by atoms with Crippen LogP contribution >= 0.6 is 0 Å². The van der Waals surface area contributed by atoms with Gasteiger partial charge in [-0.15, -0.1) is 0 Å². The molecule has 0 N–H and O–H groups in total. The number of carbonyl (C=O) groups is 1. The standard InChI is InChI=1S/C12H11NO2/c1-9-3-2-4-10(7-9)12-13-11(5-6-14)8-15-12/h2-4,6-8H,5H2,1H3. The van der Waals surface area contributed by atoms with Crippen molar-refractivity contribution >= 4 is 6.29 Å². The Morgan fingerprint density at radius 1 is 1.47 bits per heavy atom. The molecular weight excluding hydrogens is 190 g/mol. The lowest BCUT2D eigenvalue weighted by Gasteiger charge is -1.95. The minimum atomic E-state index is 0.301. The molecule has 1 aromatic carbocycles. The fourth-order valence-corrected chi connectivity index (χ4v) is 1.40. The Morgan fingerprint density at radius 2 is 2.33 bits per heavy atom. The Morgan fingerprint density at radius 3 is 3.07 bits per heavy atom. The van der Waals surface area contributed by atoms with Crippen LogP contribution in [-0.4, -0.2) is 11.3 Å². The van der Waals surface area contributed by atoms with Crippen LogP contribution in [0.3, 0.4) is 0 Å². The van der Waals surface area contributed by atoms with E-state index in [0.717, 1.165) is 17.4 Å². The Labute approximate surface area is 87.8 Å². The molecule has 3 heteroatoms. The molecule has 3 nitrogen and oxygen atoms in total. The zero-order valence-corrected chi connectivity index (χ0v) is 8.43. The molecule has 0 radical (unpaired) electrons. The Bertz CT molecular complexity index is 474. The third-order valence-electron chi connectivity index (χ3n) is 2.11. The van der Waals surface area contributed by atoms with E-state index in [-0.39, 0.29) is 0 Å². The number of oxazole rings is 1. The maximum Gasteiger partial charge on any atom is 0.226 e. The highest BCUT2D eigenvalue weighted by Crippen LogP contribution is 2.19. The van der Waals surface area contributed by atoms with Crippen LogP contribution in [-0.2, 0) is 11.2 Å². The van der Waals surface area contributed by atoms with E-state index >= 15 is 0 Å². The zero-order chi connectivity index (χ0) is 10.7. The molecule has 0 aliphatic carbocycles. The molecule has 0 fully saturated rings. The van der Waals surface area contributed by atoms with Gasteiger partial charge in [0.25, 0.3) is 0 Å². The summed E-state index contributed by atoms with van der Waals surface area (Å²) in [5.41, 5.74) is 2.76. The monoisotopic (exact) mass is 201 g/mol. The second kappa shape index (κ2) is 4.09. The summed E-state index contributed by atoms with van der Waals surface area (Å²) in [5.74, 6) is 0.565. The Kier molecular flexibility index (Phi) is 2.63. The lowest BCUT2D eigenvalue weighted by atomic mass is 10.1. The predicted molar refractivity (Wildman–Crippen MR) is 56.4 cm³/mol. The maximum atomic E-state index is 10.3. The number of hydrogen-bond acceptors (Lipinski definition) is 3. The SMILES string of the molecule is Cc1cccc(-c2nc(CC=O)co2)c1. The number of carbonyl (C=O) groups excluding carboxylic acids is 1. The van der Waals surface area contributed by atoms with Crippen molar-refractivity contribution in [1.82, 2.24) is 4.98 Å². The lowest BCUT2D eigenvalue weighted by Crippen LogP contribution is -1.85. The molecule has 0 unspecified atom stereocenters. The van der Waals surface area contributed by atoms with E-state index in [2.05, 4.69) is 4.98 Å². The lowest BCUT2D eigenvalue weighted by molar-refractivity contribution is -0.107. The van der Waals surface area contributed by atoms with Crippen LogP contribution in [0.1, 0.15) is 11.3 Å². The molecule has 0 bridgehead atoms. The molecule has 0 saturated carbocycles. The molecule has 0 saturated heterocycles. The summed E-state index contributed by atoms with van der Waals surface area (Å²) in [6.45, 7) is 2.01. The third-order valence-corrected chi connectivity index (χ3v) is 2.11. The van der Waals surface area contributed by atoms with Gasteiger partial charge in [0.2, 0.25) is 5.89 Å². The largest absolute Gasteiger partial charge is 0.444 e. The van der Waals surface area contributed by atoms with Gasteiger partial charge < -0.3 is 9.21 Å². The van der Waals surface area contributed by atoms with Crippen LogP contribution in [0.2, 0.25) is 0 Å². The molecule has 0 amide bonds. The quantitative estimate of drug-likeness (QED) is 0.716. The zero-order valence-electron chi connectivity index (χ0n) is 8.43. The van der Waals surface area contributed by atoms with Crippen LogP contribution in [0.25, 0.3) is 11.5 Å². The normalized spacial score (nSPS) is 10.2. The van der Waals surface area contributed by atoms with Gasteiger partial charge in [0.05, 0.1) is 5.69 Å². The summed E-state index contributed by atoms with van der Waals surface area (Å²) in [5, 5.41) is 0. The highest BCUT2D eigenvalue weighted by atomic mass is 16.3. The summed E-state index contributed by atoms with van der Waals surface area (Å²) in [4.78, 5) is 14.5. The Hall–Kier alpha value is -1.90. The van der Waals surface area contributed by atoms with Gasteiger partial charge in [-0.25, -0.2) is 4.98 Å². The van der Waals surface area contributed by atoms with Crippen molar-refractivity contribution in [3.05, 3.63) is 41.8 Å². The molecular formula is C12H11NO2. The predicted octanol–water partition coefficient (Wildman–Crippen LogP) is 2.39. The highest BCUT2D eigenvalue weighted by molar-refractivity contribution is 5.57. The molecule has 15 heavy (non-hydrogen) atoms. The van der Waals surface area contributed by atoms with Crippen LogP contribution in [0.15, 0.2) is 34.9 Å². The summed E-state index contributed by atoms with van der Waals surface area (Å²) >= 11 is 0. The first-order valence-corrected chi connectivity index (χ1v) is 4.74. The van der Waals surface area contributed by atoms with Crippen LogP contribution in [0.4, 0.5) is 0 Å². The van der Waals surface area contributed by atoms with Crippen LogP contribution < -0.4 is 0 Å². The molecule has 0 aliphatic rings. The number of hydrogen-bond donors (Lipinski definition) is 0. The maximum absolute atomic E-state index is 10.3. The first kappa shape index (κ1) is 9.65. The number of aryl methyl sites for hydroxylation is 1. The molecule has 2 aromatic rings. The van der Waals surface area contributed by atoms with E-state index in [4.69, 9.17) is 4.42 Å². The van der Waals surface area contributed by atoms with E-state index in [1.807, 2.05) is 31.2 Å². The molecule has 0 spiro atoms. The van der Waals surface area contributed by atoms with Crippen LogP contribution in [0, 0.1) is 6.92 Å². The van der Waals surface area contributed by atoms with Gasteiger partial charge >= 0.3 is 0 Å². The van der Waals surface area contributed by atoms with Crippen LogP contribution in [0.5, 0.6) is 0 Å². The fourth-order valence-electron chi connectivity index (χ4n) is 1.40. The smallest absolute Gasteiger partial charge is 0.226 e. The van der Waals surface area contributed by atoms with Crippen molar-refractivity contribution in [3.63, 3.8) is 0 Å². The second-order valence-corrected chi connectivity index (χ2v) is 3.38. The minimum Gasteiger partial charge on any atom is -0.444 e. The minimum absolute atomic E-state index is 0.301. The van der Waals surface area contributed by atoms with Gasteiger partial charge in [-0.2, -0.15) is 0 Å². The van der Waals surface area contributed by atoms with Crippen molar-refractivity contribution in [2.24, 2.45) is 0 Å². The van der Waals surface area contributed by atoms with Crippen molar-refractivity contribution in [3.8, 4) is 11.5 Å². The first-order chi connectivity index (χ1) is 7.29. The number of aldehydes is 1. The van der Waals surface area contributed by atoms with E-state index in [1.54, 1.807) is 0 Å². The summed E-state index contributed by atoms with van der Waals surface area (Å²) < 4.78 is 5.29. The van der Waals surface area contributed by atoms with Gasteiger partial charge in [-0.1, -0.05) is 17.7 Å². The van der Waals surface area contributed by atoms with E-state index in [0.29, 0.717) is 18.0 Å². The Balaban J connectivity index is 2.32. The second-order valence-electron chi connectivity index (χ2n) is 3.38. The van der Waals surface area contributed by atoms with E-state index in [1.165, 1.54) is 6.26 Å². The molecule has 0 aliphatic heterocycles. The van der Waals surface area contributed by atoms with Crippen molar-refractivity contribution < 1.29 is 9.21 Å². The van der Waals surface area contributed by atoms with Gasteiger partial charge in [-0.05, 0) is 19.1 Å². The van der Waals surface area contributed by atoms with E-state index < -0.39 is 0 Å². The molecule has 76 valence electrons. The van der Waals surface area contributed by atoms with Gasteiger partial charge in [-0.3, -0.25) is 0 Å². The summed E-state index contributed by atoms with van der Waals surface area (Å²) in [6, 6.07) is 7.90. The topological polar surface area (TPSA) is 43.1 Å². The van der Waals surface area contributed by atoms with Crippen molar-refractivity contribution in [2.75, 3.05) is 0 Å². The fraction of sp³-hybridized carbons (Fsp3) is 0.167. The summed E-state index contributed by atoms with van der Waals surface area (Å²) in [7, 11) is 0. The molecule has 1 heterocycles. The highest BCUT2D eigenvalue weighted by Gasteiger charge is 2.05. The third kappa shape index (κ3) is 2.13.